The summed E-state index contributed by atoms with van der Waals surface area (Å²) in [6.07, 6.45) is 2.23. The van der Waals surface area contributed by atoms with E-state index in [0.717, 1.165) is 44.8 Å². The molecule has 2 aliphatic heterocycles. The quantitative estimate of drug-likeness (QED) is 0.795. The number of carbonyl (C=O) groups excluding carboxylic acids is 1. The van der Waals surface area contributed by atoms with Gasteiger partial charge in [0.1, 0.15) is 0 Å². The Morgan fingerprint density at radius 1 is 1.07 bits per heavy atom. The third-order valence-electron chi connectivity index (χ3n) is 6.64. The van der Waals surface area contributed by atoms with E-state index in [-0.39, 0.29) is 11.9 Å². The predicted octanol–water partition coefficient (Wildman–Crippen LogP) is 1.67. The molecule has 0 unspecified atom stereocenters. The maximum absolute atomic E-state index is 13.2. The van der Waals surface area contributed by atoms with E-state index >= 15 is 0 Å². The number of aryl methyl sites for hydroxylation is 2. The molecule has 2 atom stereocenters. The molecule has 5 rings (SSSR count). The van der Waals surface area contributed by atoms with Gasteiger partial charge >= 0.3 is 0 Å². The number of rotatable bonds is 2. The Morgan fingerprint density at radius 3 is 2.50 bits per heavy atom. The topological polar surface area (TPSA) is 50.6 Å². The highest BCUT2D eigenvalue weighted by Gasteiger charge is 2.39. The largest absolute Gasteiger partial charge is 0.379 e. The Kier molecular flexibility index (Phi) is 4.48. The molecule has 3 aliphatic rings. The molecule has 6 nitrogen and oxygen atoms in total. The van der Waals surface area contributed by atoms with Crippen LogP contribution in [0.5, 0.6) is 0 Å². The number of hydrogen-bond acceptors (Lipinski definition) is 4. The summed E-state index contributed by atoms with van der Waals surface area (Å²) in [7, 11) is 1.88. The van der Waals surface area contributed by atoms with E-state index in [9.17, 15) is 4.79 Å². The molecule has 1 aromatic heterocycles. The van der Waals surface area contributed by atoms with Crippen molar-refractivity contribution < 1.29 is 9.53 Å². The van der Waals surface area contributed by atoms with Crippen molar-refractivity contribution >= 4 is 5.91 Å². The first kappa shape index (κ1) is 17.9. The van der Waals surface area contributed by atoms with Crippen LogP contribution in [0, 0.1) is 12.8 Å². The number of ether oxygens (including phenoxy) is 1. The molecule has 1 amide bonds. The van der Waals surface area contributed by atoms with Gasteiger partial charge in [0.2, 0.25) is 0 Å². The summed E-state index contributed by atoms with van der Waals surface area (Å²) in [4.78, 5) is 17.9. The van der Waals surface area contributed by atoms with Crippen molar-refractivity contribution in [2.45, 2.75) is 31.8 Å². The van der Waals surface area contributed by atoms with Crippen LogP contribution in [0.2, 0.25) is 0 Å². The van der Waals surface area contributed by atoms with Gasteiger partial charge in [0.25, 0.3) is 5.91 Å². The average molecular weight is 380 g/mol. The highest BCUT2D eigenvalue weighted by molar-refractivity contribution is 5.92. The van der Waals surface area contributed by atoms with Gasteiger partial charge in [-0.25, -0.2) is 0 Å². The minimum atomic E-state index is 0.0424. The van der Waals surface area contributed by atoms with Crippen LogP contribution in [0.25, 0.3) is 0 Å². The SMILES string of the molecule is Cc1cc(C(=O)N2C[C@H]3COC[C@@H]2CN(C2Cc4ccccc4C2)C3)nn1C. The minimum absolute atomic E-state index is 0.0424. The lowest BCUT2D eigenvalue weighted by Crippen LogP contribution is -2.49. The smallest absolute Gasteiger partial charge is 0.274 e. The zero-order chi connectivity index (χ0) is 19.3. The van der Waals surface area contributed by atoms with Crippen molar-refractivity contribution in [3.8, 4) is 0 Å². The molecule has 1 aromatic carbocycles. The summed E-state index contributed by atoms with van der Waals surface area (Å²) in [5.41, 5.74) is 4.51. The van der Waals surface area contributed by atoms with E-state index < -0.39 is 0 Å². The number of hydrogen-bond donors (Lipinski definition) is 0. The maximum Gasteiger partial charge on any atom is 0.274 e. The standard InChI is InChI=1S/C22H28N4O2/c1-15-7-21(23-24(15)2)22(27)26-11-16-10-25(12-20(26)14-28-13-16)19-8-17-5-3-4-6-18(17)9-19/h3-7,16,19-20H,8-14H2,1-2H3/t16-,20-/m0/s1. The zero-order valence-corrected chi connectivity index (χ0v) is 16.7. The lowest BCUT2D eigenvalue weighted by Gasteiger charge is -2.34. The van der Waals surface area contributed by atoms with Crippen LogP contribution >= 0.6 is 0 Å². The van der Waals surface area contributed by atoms with Crippen molar-refractivity contribution in [2.75, 3.05) is 32.8 Å². The second kappa shape index (κ2) is 7.01. The van der Waals surface area contributed by atoms with Gasteiger partial charge in [-0.1, -0.05) is 24.3 Å². The van der Waals surface area contributed by atoms with Gasteiger partial charge in [0, 0.05) is 44.3 Å². The summed E-state index contributed by atoms with van der Waals surface area (Å²) in [6, 6.07) is 11.3. The van der Waals surface area contributed by atoms with Gasteiger partial charge in [-0.2, -0.15) is 5.10 Å². The summed E-state index contributed by atoms with van der Waals surface area (Å²) in [5.74, 6) is 0.394. The predicted molar refractivity (Wildman–Crippen MR) is 106 cm³/mol. The second-order valence-corrected chi connectivity index (χ2v) is 8.59. The van der Waals surface area contributed by atoms with E-state index in [2.05, 4.69) is 34.3 Å². The second-order valence-electron chi connectivity index (χ2n) is 8.59. The Labute approximate surface area is 166 Å². The highest BCUT2D eigenvalue weighted by Crippen LogP contribution is 2.29. The Bertz CT molecular complexity index is 848. The van der Waals surface area contributed by atoms with E-state index in [1.807, 2.05) is 24.9 Å². The third kappa shape index (κ3) is 3.14. The maximum atomic E-state index is 13.2. The lowest BCUT2D eigenvalue weighted by atomic mass is 10.1. The number of aromatic nitrogens is 2. The van der Waals surface area contributed by atoms with Gasteiger partial charge in [-0.15, -0.1) is 0 Å². The number of benzene rings is 1. The zero-order valence-electron chi connectivity index (χ0n) is 16.7. The molecule has 0 saturated carbocycles. The first-order valence-corrected chi connectivity index (χ1v) is 10.3. The molecular formula is C22H28N4O2. The van der Waals surface area contributed by atoms with Crippen LogP contribution in [0.15, 0.2) is 30.3 Å². The van der Waals surface area contributed by atoms with E-state index in [1.54, 1.807) is 4.68 Å². The van der Waals surface area contributed by atoms with Gasteiger partial charge in [-0.3, -0.25) is 14.4 Å². The number of carbonyl (C=O) groups is 1. The number of nitrogens with zero attached hydrogens (tertiary/aromatic N) is 4. The fourth-order valence-corrected chi connectivity index (χ4v) is 5.03. The molecule has 0 spiro atoms. The monoisotopic (exact) mass is 380 g/mol. The molecule has 0 N–H and O–H groups in total. The number of amides is 1. The average Bonchev–Trinajstić information content (AvgIpc) is 3.11. The lowest BCUT2D eigenvalue weighted by molar-refractivity contribution is 0.0345. The van der Waals surface area contributed by atoms with Crippen LogP contribution in [0.1, 0.15) is 27.3 Å². The molecule has 3 heterocycles. The van der Waals surface area contributed by atoms with Crippen LogP contribution < -0.4 is 0 Å². The minimum Gasteiger partial charge on any atom is -0.379 e. The third-order valence-corrected chi connectivity index (χ3v) is 6.64. The van der Waals surface area contributed by atoms with Crippen molar-refractivity contribution in [3.05, 3.63) is 52.8 Å². The van der Waals surface area contributed by atoms with Gasteiger partial charge in [0.15, 0.2) is 5.69 Å². The normalized spacial score (nSPS) is 25.6. The molecule has 1 aliphatic carbocycles. The molecule has 0 radical (unpaired) electrons. The summed E-state index contributed by atoms with van der Waals surface area (Å²) in [5, 5.41) is 4.42. The van der Waals surface area contributed by atoms with Crippen molar-refractivity contribution in [1.82, 2.24) is 19.6 Å². The number of fused-ring (bicyclic) bond motifs is 4. The van der Waals surface area contributed by atoms with Crippen molar-refractivity contribution in [3.63, 3.8) is 0 Å². The molecule has 2 fully saturated rings. The van der Waals surface area contributed by atoms with Crippen LogP contribution in [0.3, 0.4) is 0 Å². The van der Waals surface area contributed by atoms with Crippen molar-refractivity contribution in [2.24, 2.45) is 13.0 Å². The molecule has 2 aromatic rings. The van der Waals surface area contributed by atoms with Crippen LogP contribution in [-0.2, 0) is 24.6 Å². The fraction of sp³-hybridized carbons (Fsp3) is 0.545. The van der Waals surface area contributed by atoms with Gasteiger partial charge in [0.05, 0.1) is 19.3 Å². The van der Waals surface area contributed by atoms with E-state index in [1.165, 1.54) is 11.1 Å². The summed E-state index contributed by atoms with van der Waals surface area (Å²) < 4.78 is 7.71. The first-order chi connectivity index (χ1) is 13.6. The highest BCUT2D eigenvalue weighted by atomic mass is 16.5. The van der Waals surface area contributed by atoms with Crippen LogP contribution in [0.4, 0.5) is 0 Å². The van der Waals surface area contributed by atoms with Crippen molar-refractivity contribution in [1.29, 1.82) is 0 Å². The van der Waals surface area contributed by atoms with Gasteiger partial charge in [-0.05, 0) is 37.0 Å². The Balaban J connectivity index is 1.37. The molecule has 6 heteroatoms. The Morgan fingerprint density at radius 2 is 1.82 bits per heavy atom. The molecule has 2 bridgehead atoms. The molecule has 2 saturated heterocycles. The van der Waals surface area contributed by atoms with E-state index in [4.69, 9.17) is 4.74 Å². The van der Waals surface area contributed by atoms with Gasteiger partial charge < -0.3 is 9.64 Å². The summed E-state index contributed by atoms with van der Waals surface area (Å²) >= 11 is 0. The first-order valence-electron chi connectivity index (χ1n) is 10.3. The molecular weight excluding hydrogens is 352 g/mol. The fourth-order valence-electron chi connectivity index (χ4n) is 5.03. The summed E-state index contributed by atoms with van der Waals surface area (Å²) in [6.45, 7) is 5.97. The van der Waals surface area contributed by atoms with Crippen LogP contribution in [-0.4, -0.2) is 70.4 Å². The molecule has 148 valence electrons. The Hall–Kier alpha value is -2.18. The van der Waals surface area contributed by atoms with E-state index in [0.29, 0.717) is 24.3 Å². The molecule has 28 heavy (non-hydrogen) atoms.